The Morgan fingerprint density at radius 1 is 0.861 bits per heavy atom. The number of hydrogen-bond acceptors (Lipinski definition) is 5. The maximum absolute atomic E-state index is 12.9. The Labute approximate surface area is 205 Å². The number of methoxy groups -OCH3 is 1. The fourth-order valence-electron chi connectivity index (χ4n) is 3.96. The normalized spacial score (nSPS) is 17.6. The van der Waals surface area contributed by atoms with Crippen molar-refractivity contribution < 1.29 is 37.1 Å². The number of alkyl halides is 3. The first kappa shape index (κ1) is 26.7. The van der Waals surface area contributed by atoms with E-state index >= 15 is 0 Å². The molecule has 1 aliphatic carbocycles. The molecule has 2 unspecified atom stereocenters. The Morgan fingerprint density at radius 3 is 2.08 bits per heavy atom. The van der Waals surface area contributed by atoms with Crippen molar-refractivity contribution in [1.82, 2.24) is 16.0 Å². The number of esters is 1. The van der Waals surface area contributed by atoms with Gasteiger partial charge in [0.15, 0.2) is 0 Å². The molecule has 36 heavy (non-hydrogen) atoms. The molecule has 3 amide bonds. The Balaban J connectivity index is 1.55. The molecule has 2 atom stereocenters. The van der Waals surface area contributed by atoms with Gasteiger partial charge < -0.3 is 20.7 Å². The van der Waals surface area contributed by atoms with E-state index in [0.29, 0.717) is 24.0 Å². The van der Waals surface area contributed by atoms with Crippen molar-refractivity contribution in [3.8, 4) is 0 Å². The molecule has 0 bridgehead atoms. The first-order valence-corrected chi connectivity index (χ1v) is 11.3. The van der Waals surface area contributed by atoms with E-state index in [1.165, 1.54) is 37.4 Å². The standard InChI is InChI=1S/C25H26F3N3O5/c1-36-24(35)16-11-9-15(10-12-16)23(34)31-20-8-3-2-7-19(20)30-21(32)14-29-22(33)17-5-4-6-18(13-17)25(26,27)28/h4-6,9-13,19-20H,2-3,7-8,14H2,1H3,(H,29,33)(H,30,32)(H,31,34). The fraction of sp³-hybridized carbons (Fsp3) is 0.360. The molecule has 0 spiro atoms. The van der Waals surface area contributed by atoms with Crippen molar-refractivity contribution in [1.29, 1.82) is 0 Å². The lowest BCUT2D eigenvalue weighted by Gasteiger charge is -2.33. The maximum Gasteiger partial charge on any atom is 0.416 e. The van der Waals surface area contributed by atoms with Crippen molar-refractivity contribution in [2.45, 2.75) is 43.9 Å². The van der Waals surface area contributed by atoms with E-state index in [9.17, 15) is 32.3 Å². The first-order valence-electron chi connectivity index (χ1n) is 11.3. The van der Waals surface area contributed by atoms with E-state index < -0.39 is 36.1 Å². The van der Waals surface area contributed by atoms with E-state index in [2.05, 4.69) is 20.7 Å². The summed E-state index contributed by atoms with van der Waals surface area (Å²) in [5.41, 5.74) is -0.519. The van der Waals surface area contributed by atoms with Crippen LogP contribution in [0, 0.1) is 0 Å². The number of benzene rings is 2. The van der Waals surface area contributed by atoms with E-state index in [4.69, 9.17) is 0 Å². The summed E-state index contributed by atoms with van der Waals surface area (Å²) in [7, 11) is 1.26. The van der Waals surface area contributed by atoms with E-state index in [1.54, 1.807) is 0 Å². The van der Waals surface area contributed by atoms with Crippen molar-refractivity contribution >= 4 is 23.7 Å². The van der Waals surface area contributed by atoms with Crippen LogP contribution >= 0.6 is 0 Å². The van der Waals surface area contributed by atoms with Crippen LogP contribution in [0.4, 0.5) is 13.2 Å². The zero-order chi connectivity index (χ0) is 26.3. The Morgan fingerprint density at radius 2 is 1.47 bits per heavy atom. The zero-order valence-electron chi connectivity index (χ0n) is 19.5. The van der Waals surface area contributed by atoms with Crippen LogP contribution in [-0.4, -0.2) is 49.4 Å². The maximum atomic E-state index is 12.9. The highest BCUT2D eigenvalue weighted by Gasteiger charge is 2.31. The SMILES string of the molecule is COC(=O)c1ccc(C(=O)NC2CCCCC2NC(=O)CNC(=O)c2cccc(C(F)(F)F)c2)cc1. The Bertz CT molecular complexity index is 1120. The Kier molecular flexibility index (Phi) is 8.68. The molecule has 0 saturated heterocycles. The predicted octanol–water partition coefficient (Wildman–Crippen LogP) is 3.08. The highest BCUT2D eigenvalue weighted by atomic mass is 19.4. The largest absolute Gasteiger partial charge is 0.465 e. The highest BCUT2D eigenvalue weighted by Crippen LogP contribution is 2.29. The van der Waals surface area contributed by atoms with Gasteiger partial charge in [0.05, 0.1) is 24.8 Å². The molecular weight excluding hydrogens is 479 g/mol. The second-order valence-corrected chi connectivity index (χ2v) is 8.37. The smallest absolute Gasteiger partial charge is 0.416 e. The average molecular weight is 505 g/mol. The monoisotopic (exact) mass is 505 g/mol. The number of ether oxygens (including phenoxy) is 1. The number of nitrogens with one attached hydrogen (secondary N) is 3. The molecule has 192 valence electrons. The van der Waals surface area contributed by atoms with E-state index in [1.807, 2.05) is 0 Å². The van der Waals surface area contributed by atoms with Gasteiger partial charge in [-0.15, -0.1) is 0 Å². The first-order chi connectivity index (χ1) is 17.1. The second-order valence-electron chi connectivity index (χ2n) is 8.37. The molecule has 0 heterocycles. The number of carbonyl (C=O) groups excluding carboxylic acids is 4. The number of amides is 3. The number of halogens is 3. The minimum atomic E-state index is -4.59. The van der Waals surface area contributed by atoms with Crippen LogP contribution < -0.4 is 16.0 Å². The van der Waals surface area contributed by atoms with Gasteiger partial charge in [0, 0.05) is 23.2 Å². The summed E-state index contributed by atoms with van der Waals surface area (Å²) in [6.07, 6.45) is -1.66. The van der Waals surface area contributed by atoms with Crippen LogP contribution in [0.25, 0.3) is 0 Å². The summed E-state index contributed by atoms with van der Waals surface area (Å²) in [6.45, 7) is -0.429. The third kappa shape index (κ3) is 7.06. The van der Waals surface area contributed by atoms with E-state index in [0.717, 1.165) is 31.0 Å². The summed E-state index contributed by atoms with van der Waals surface area (Å²) in [6, 6.07) is 9.16. The second kappa shape index (κ2) is 11.7. The lowest BCUT2D eigenvalue weighted by atomic mass is 9.90. The molecule has 0 aromatic heterocycles. The summed E-state index contributed by atoms with van der Waals surface area (Å²) in [4.78, 5) is 48.9. The van der Waals surface area contributed by atoms with Gasteiger partial charge in [-0.05, 0) is 55.3 Å². The molecule has 1 fully saturated rings. The van der Waals surface area contributed by atoms with E-state index in [-0.39, 0.29) is 23.6 Å². The van der Waals surface area contributed by atoms with Crippen molar-refractivity contribution in [2.24, 2.45) is 0 Å². The minimum Gasteiger partial charge on any atom is -0.465 e. The van der Waals surface area contributed by atoms with Crippen molar-refractivity contribution in [2.75, 3.05) is 13.7 Å². The molecule has 0 radical (unpaired) electrons. The van der Waals surface area contributed by atoms with Crippen LogP contribution in [0.3, 0.4) is 0 Å². The van der Waals surface area contributed by atoms with Crippen LogP contribution in [0.15, 0.2) is 48.5 Å². The number of carbonyl (C=O) groups is 4. The van der Waals surface area contributed by atoms with Crippen LogP contribution in [0.5, 0.6) is 0 Å². The van der Waals surface area contributed by atoms with Crippen LogP contribution in [-0.2, 0) is 15.7 Å². The summed E-state index contributed by atoms with van der Waals surface area (Å²) >= 11 is 0. The van der Waals surface area contributed by atoms with Gasteiger partial charge in [-0.3, -0.25) is 14.4 Å². The lowest BCUT2D eigenvalue weighted by molar-refractivity contribution is -0.137. The zero-order valence-corrected chi connectivity index (χ0v) is 19.5. The number of rotatable bonds is 7. The van der Waals surface area contributed by atoms with Crippen LogP contribution in [0.1, 0.15) is 62.3 Å². The third-order valence-electron chi connectivity index (χ3n) is 5.86. The lowest BCUT2D eigenvalue weighted by Crippen LogP contribution is -2.54. The fourth-order valence-corrected chi connectivity index (χ4v) is 3.96. The van der Waals surface area contributed by atoms with Gasteiger partial charge in [0.2, 0.25) is 5.91 Å². The van der Waals surface area contributed by atoms with Gasteiger partial charge in [-0.25, -0.2) is 4.79 Å². The van der Waals surface area contributed by atoms with Crippen molar-refractivity contribution in [3.05, 3.63) is 70.8 Å². The topological polar surface area (TPSA) is 114 Å². The summed E-state index contributed by atoms with van der Waals surface area (Å²) < 4.78 is 43.2. The molecule has 0 aliphatic heterocycles. The average Bonchev–Trinajstić information content (AvgIpc) is 2.87. The third-order valence-corrected chi connectivity index (χ3v) is 5.86. The van der Waals surface area contributed by atoms with Gasteiger partial charge in [0.25, 0.3) is 11.8 Å². The molecule has 3 N–H and O–H groups in total. The molecule has 11 heteroatoms. The predicted molar refractivity (Wildman–Crippen MR) is 123 cm³/mol. The summed E-state index contributed by atoms with van der Waals surface area (Å²) in [5.74, 6) is -2.21. The van der Waals surface area contributed by atoms with Gasteiger partial charge in [-0.2, -0.15) is 13.2 Å². The molecule has 2 aromatic carbocycles. The van der Waals surface area contributed by atoms with Crippen LogP contribution in [0.2, 0.25) is 0 Å². The Hall–Kier alpha value is -3.89. The van der Waals surface area contributed by atoms with Crippen molar-refractivity contribution in [3.63, 3.8) is 0 Å². The number of hydrogen-bond donors (Lipinski definition) is 3. The minimum absolute atomic E-state index is 0.210. The molecule has 1 saturated carbocycles. The quantitative estimate of drug-likeness (QED) is 0.501. The summed E-state index contributed by atoms with van der Waals surface area (Å²) in [5, 5.41) is 8.02. The molecule has 1 aliphatic rings. The molecule has 3 rings (SSSR count). The molecular formula is C25H26F3N3O5. The molecule has 8 nitrogen and oxygen atoms in total. The van der Waals surface area contributed by atoms with Gasteiger partial charge in [0.1, 0.15) is 0 Å². The highest BCUT2D eigenvalue weighted by molar-refractivity contribution is 5.97. The van der Waals surface area contributed by atoms with Gasteiger partial charge >= 0.3 is 12.1 Å². The van der Waals surface area contributed by atoms with Gasteiger partial charge in [-0.1, -0.05) is 18.9 Å². The molecule has 2 aromatic rings.